The lowest BCUT2D eigenvalue weighted by molar-refractivity contribution is 0.114. The molecule has 0 aliphatic carbocycles. The lowest BCUT2D eigenvalue weighted by atomic mass is 10.2. The Labute approximate surface area is 106 Å². The third-order valence-electron chi connectivity index (χ3n) is 2.97. The Hall–Kier alpha value is -0.960. The molecule has 1 aromatic heterocycles. The monoisotopic (exact) mass is 275 g/mol. The first-order valence-electron chi connectivity index (χ1n) is 5.80. The van der Waals surface area contributed by atoms with Crippen LogP contribution in [0.4, 0.5) is 0 Å². The second-order valence-corrected chi connectivity index (χ2v) is 5.96. The zero-order valence-electron chi connectivity index (χ0n) is 10.1. The van der Waals surface area contributed by atoms with Gasteiger partial charge in [0, 0.05) is 24.4 Å². The minimum Gasteiger partial charge on any atom is -0.392 e. The molecule has 8 heteroatoms. The van der Waals surface area contributed by atoms with E-state index in [0.717, 1.165) is 12.8 Å². The highest BCUT2D eigenvalue weighted by molar-refractivity contribution is 7.89. The van der Waals surface area contributed by atoms with Crippen LogP contribution in [-0.2, 0) is 21.4 Å². The van der Waals surface area contributed by atoms with E-state index < -0.39 is 10.0 Å². The van der Waals surface area contributed by atoms with Crippen LogP contribution in [0.25, 0.3) is 0 Å². The smallest absolute Gasteiger partial charge is 0.260 e. The van der Waals surface area contributed by atoms with E-state index in [4.69, 9.17) is 9.84 Å². The molecule has 1 aromatic rings. The van der Waals surface area contributed by atoms with Crippen LogP contribution in [0.15, 0.2) is 5.03 Å². The van der Waals surface area contributed by atoms with Gasteiger partial charge in [-0.05, 0) is 19.8 Å². The van der Waals surface area contributed by atoms with Crippen molar-refractivity contribution >= 4 is 10.0 Å². The Morgan fingerprint density at radius 3 is 3.00 bits per heavy atom. The number of nitrogens with one attached hydrogen (secondary N) is 2. The maximum atomic E-state index is 12.0. The molecule has 7 nitrogen and oxygen atoms in total. The Bertz CT molecular complexity index is 505. The molecule has 2 rings (SSSR count). The molecule has 0 spiro atoms. The number of aromatic nitrogens is 2. The first-order valence-corrected chi connectivity index (χ1v) is 7.29. The average Bonchev–Trinajstić information content (AvgIpc) is 2.95. The molecule has 0 aromatic carbocycles. The van der Waals surface area contributed by atoms with Gasteiger partial charge in [-0.1, -0.05) is 0 Å². The van der Waals surface area contributed by atoms with Gasteiger partial charge in [-0.15, -0.1) is 0 Å². The van der Waals surface area contributed by atoms with Crippen LogP contribution in [-0.4, -0.2) is 43.0 Å². The van der Waals surface area contributed by atoms with Crippen molar-refractivity contribution < 1.29 is 18.3 Å². The van der Waals surface area contributed by atoms with Gasteiger partial charge >= 0.3 is 0 Å². The number of H-pyrrole nitrogens is 1. The van der Waals surface area contributed by atoms with Crippen molar-refractivity contribution in [1.82, 2.24) is 14.9 Å². The number of aliphatic hydroxyl groups is 1. The number of aromatic amines is 1. The Morgan fingerprint density at radius 2 is 2.39 bits per heavy atom. The molecule has 1 aliphatic heterocycles. The standard InChI is InChI=1S/C10H17N3O4S/c1-7-9(6-14)10(13-12-7)18(15,16)11-5-8-3-2-4-17-8/h8,11,14H,2-6H2,1H3,(H,12,13). The maximum absolute atomic E-state index is 12.0. The Balaban J connectivity index is 2.09. The predicted octanol–water partition coefficient (Wildman–Crippen LogP) is -0.332. The minimum atomic E-state index is -3.70. The molecule has 0 bridgehead atoms. The molecule has 18 heavy (non-hydrogen) atoms. The predicted molar refractivity (Wildman–Crippen MR) is 63.4 cm³/mol. The van der Waals surface area contributed by atoms with Gasteiger partial charge in [0.25, 0.3) is 10.0 Å². The first kappa shape index (κ1) is 13.5. The van der Waals surface area contributed by atoms with Crippen LogP contribution < -0.4 is 4.72 Å². The summed E-state index contributed by atoms with van der Waals surface area (Å²) in [5, 5.41) is 15.3. The lowest BCUT2D eigenvalue weighted by Crippen LogP contribution is -2.32. The number of ether oxygens (including phenoxy) is 1. The van der Waals surface area contributed by atoms with Crippen molar-refractivity contribution in [3.8, 4) is 0 Å². The van der Waals surface area contributed by atoms with E-state index in [1.54, 1.807) is 6.92 Å². The molecule has 0 amide bonds. The third-order valence-corrected chi connectivity index (χ3v) is 4.37. The summed E-state index contributed by atoms with van der Waals surface area (Å²) >= 11 is 0. The number of rotatable bonds is 5. The first-order chi connectivity index (χ1) is 8.54. The lowest BCUT2D eigenvalue weighted by Gasteiger charge is -2.10. The van der Waals surface area contributed by atoms with E-state index in [-0.39, 0.29) is 24.3 Å². The number of nitrogens with zero attached hydrogens (tertiary/aromatic N) is 1. The highest BCUT2D eigenvalue weighted by Gasteiger charge is 2.25. The van der Waals surface area contributed by atoms with Crippen molar-refractivity contribution in [3.05, 3.63) is 11.3 Å². The number of sulfonamides is 1. The van der Waals surface area contributed by atoms with E-state index >= 15 is 0 Å². The normalized spacial score (nSPS) is 20.4. The van der Waals surface area contributed by atoms with Gasteiger partial charge in [-0.25, -0.2) is 13.1 Å². The van der Waals surface area contributed by atoms with E-state index in [0.29, 0.717) is 17.9 Å². The zero-order valence-corrected chi connectivity index (χ0v) is 11.0. The summed E-state index contributed by atoms with van der Waals surface area (Å²) in [6.07, 6.45) is 1.74. The second kappa shape index (κ2) is 5.35. The molecule has 3 N–H and O–H groups in total. The Morgan fingerprint density at radius 1 is 1.61 bits per heavy atom. The van der Waals surface area contributed by atoms with Gasteiger partial charge in [-0.3, -0.25) is 5.10 Å². The van der Waals surface area contributed by atoms with Crippen LogP contribution in [0.5, 0.6) is 0 Å². The van der Waals surface area contributed by atoms with E-state index in [1.165, 1.54) is 0 Å². The molecule has 1 unspecified atom stereocenters. The number of aliphatic hydroxyl groups excluding tert-OH is 1. The molecular formula is C10H17N3O4S. The van der Waals surface area contributed by atoms with Gasteiger partial charge in [-0.2, -0.15) is 5.10 Å². The van der Waals surface area contributed by atoms with Crippen molar-refractivity contribution in [1.29, 1.82) is 0 Å². The Kier molecular flexibility index (Phi) is 4.00. The zero-order chi connectivity index (χ0) is 13.2. The van der Waals surface area contributed by atoms with Crippen molar-refractivity contribution in [2.24, 2.45) is 0 Å². The summed E-state index contributed by atoms with van der Waals surface area (Å²) in [6, 6.07) is 0. The average molecular weight is 275 g/mol. The van der Waals surface area contributed by atoms with Gasteiger partial charge in [0.2, 0.25) is 0 Å². The van der Waals surface area contributed by atoms with Crippen LogP contribution in [0.2, 0.25) is 0 Å². The molecular weight excluding hydrogens is 258 g/mol. The fraction of sp³-hybridized carbons (Fsp3) is 0.700. The van der Waals surface area contributed by atoms with Crippen LogP contribution in [0.1, 0.15) is 24.1 Å². The summed E-state index contributed by atoms with van der Waals surface area (Å²) in [7, 11) is -3.70. The number of aryl methyl sites for hydroxylation is 1. The molecule has 1 atom stereocenters. The van der Waals surface area contributed by atoms with Crippen molar-refractivity contribution in [3.63, 3.8) is 0 Å². The minimum absolute atomic E-state index is 0.0719. The summed E-state index contributed by atoms with van der Waals surface area (Å²) in [5.74, 6) is 0. The SMILES string of the molecule is Cc1[nH]nc(S(=O)(=O)NCC2CCCO2)c1CO. The largest absolute Gasteiger partial charge is 0.392 e. The summed E-state index contributed by atoms with van der Waals surface area (Å²) in [6.45, 7) is 2.21. The van der Waals surface area contributed by atoms with Gasteiger partial charge in [0.1, 0.15) is 0 Å². The van der Waals surface area contributed by atoms with Crippen molar-refractivity contribution in [2.75, 3.05) is 13.2 Å². The molecule has 1 fully saturated rings. The summed E-state index contributed by atoms with van der Waals surface area (Å²) in [4.78, 5) is 0. The molecule has 1 saturated heterocycles. The van der Waals surface area contributed by atoms with E-state index in [1.807, 2.05) is 0 Å². The molecule has 0 saturated carbocycles. The maximum Gasteiger partial charge on any atom is 0.260 e. The number of hydrogen-bond acceptors (Lipinski definition) is 5. The third kappa shape index (κ3) is 2.72. The molecule has 102 valence electrons. The summed E-state index contributed by atoms with van der Waals surface area (Å²) < 4.78 is 31.8. The highest BCUT2D eigenvalue weighted by Crippen LogP contribution is 2.17. The van der Waals surface area contributed by atoms with Gasteiger partial charge < -0.3 is 9.84 Å². The summed E-state index contributed by atoms with van der Waals surface area (Å²) in [5.41, 5.74) is 0.852. The number of hydrogen-bond donors (Lipinski definition) is 3. The quantitative estimate of drug-likeness (QED) is 0.682. The van der Waals surface area contributed by atoms with Crippen LogP contribution in [0, 0.1) is 6.92 Å². The van der Waals surface area contributed by atoms with Crippen molar-refractivity contribution in [2.45, 2.75) is 37.5 Å². The molecule has 0 radical (unpaired) electrons. The van der Waals surface area contributed by atoms with Gasteiger partial charge in [0.15, 0.2) is 5.03 Å². The topological polar surface area (TPSA) is 104 Å². The second-order valence-electron chi connectivity index (χ2n) is 4.28. The fourth-order valence-electron chi connectivity index (χ4n) is 1.91. The van der Waals surface area contributed by atoms with Crippen LogP contribution in [0.3, 0.4) is 0 Å². The van der Waals surface area contributed by atoms with E-state index in [9.17, 15) is 8.42 Å². The molecule has 2 heterocycles. The fourth-order valence-corrected chi connectivity index (χ4v) is 3.16. The van der Waals surface area contributed by atoms with Crippen LogP contribution >= 0.6 is 0 Å². The van der Waals surface area contributed by atoms with Gasteiger partial charge in [0.05, 0.1) is 12.7 Å². The van der Waals surface area contributed by atoms with E-state index in [2.05, 4.69) is 14.9 Å². The molecule has 1 aliphatic rings. The highest BCUT2D eigenvalue weighted by atomic mass is 32.2.